The summed E-state index contributed by atoms with van der Waals surface area (Å²) in [6, 6.07) is 20.2. The molecule has 2 aliphatic heterocycles. The Hall–Kier alpha value is -3.78. The topological polar surface area (TPSA) is 48.4 Å². The van der Waals surface area contributed by atoms with Gasteiger partial charge in [-0.05, 0) is 35.9 Å². The number of ether oxygens (including phenoxy) is 1. The summed E-state index contributed by atoms with van der Waals surface area (Å²) in [5.41, 5.74) is 2.97. The summed E-state index contributed by atoms with van der Waals surface area (Å²) in [5.74, 6) is 0.0132. The van der Waals surface area contributed by atoms with Crippen molar-refractivity contribution in [3.05, 3.63) is 95.6 Å². The molecule has 8 heteroatoms. The molecule has 36 heavy (non-hydrogen) atoms. The molecule has 2 heterocycles. The number of rotatable bonds is 6. The predicted octanol–water partition coefficient (Wildman–Crippen LogP) is 4.47. The van der Waals surface area contributed by atoms with E-state index in [1.54, 1.807) is 36.4 Å². The van der Waals surface area contributed by atoms with Crippen LogP contribution in [-0.4, -0.2) is 61.4 Å². The zero-order chi connectivity index (χ0) is 25.1. The highest BCUT2D eigenvalue weighted by atomic mass is 19.1. The van der Waals surface area contributed by atoms with Gasteiger partial charge in [0.05, 0.1) is 31.1 Å². The van der Waals surface area contributed by atoms with E-state index in [-0.39, 0.29) is 30.1 Å². The fourth-order valence-corrected chi connectivity index (χ4v) is 4.86. The average Bonchev–Trinajstić information content (AvgIpc) is 3.35. The zero-order valence-corrected chi connectivity index (χ0v) is 20.1. The average molecular weight is 491 g/mol. The van der Waals surface area contributed by atoms with Gasteiger partial charge in [-0.15, -0.1) is 0 Å². The van der Waals surface area contributed by atoms with Gasteiger partial charge < -0.3 is 9.64 Å². The van der Waals surface area contributed by atoms with E-state index in [0.29, 0.717) is 44.0 Å². The molecule has 3 aromatic carbocycles. The quantitative estimate of drug-likeness (QED) is 0.512. The first kappa shape index (κ1) is 23.9. The van der Waals surface area contributed by atoms with Crippen LogP contribution in [0.2, 0.25) is 0 Å². The third-order valence-electron chi connectivity index (χ3n) is 6.77. The smallest absolute Gasteiger partial charge is 0.257 e. The molecule has 1 fully saturated rings. The van der Waals surface area contributed by atoms with Crippen molar-refractivity contribution >= 4 is 17.3 Å². The Morgan fingerprint density at radius 3 is 2.36 bits per heavy atom. The largest absolute Gasteiger partial charge is 0.496 e. The maximum absolute atomic E-state index is 14.2. The molecule has 0 bridgehead atoms. The highest BCUT2D eigenvalue weighted by Gasteiger charge is 2.35. The van der Waals surface area contributed by atoms with Crippen LogP contribution in [0.3, 0.4) is 0 Å². The van der Waals surface area contributed by atoms with Crippen LogP contribution in [0.1, 0.15) is 23.6 Å². The van der Waals surface area contributed by atoms with Crippen molar-refractivity contribution in [1.29, 1.82) is 0 Å². The number of carbonyl (C=O) groups excluding carboxylic acids is 1. The fourth-order valence-electron chi connectivity index (χ4n) is 4.86. The summed E-state index contributed by atoms with van der Waals surface area (Å²) in [6.07, 6.45) is 0.499. The van der Waals surface area contributed by atoms with Crippen LogP contribution in [0, 0.1) is 11.6 Å². The van der Waals surface area contributed by atoms with E-state index < -0.39 is 0 Å². The minimum absolute atomic E-state index is 0.123. The first-order chi connectivity index (χ1) is 17.5. The van der Waals surface area contributed by atoms with E-state index in [1.165, 1.54) is 18.2 Å². The Labute approximate surface area is 209 Å². The Morgan fingerprint density at radius 1 is 0.944 bits per heavy atom. The minimum atomic E-state index is -0.326. The van der Waals surface area contributed by atoms with Gasteiger partial charge >= 0.3 is 0 Å². The van der Waals surface area contributed by atoms with Crippen LogP contribution in [0.5, 0.6) is 5.75 Å². The lowest BCUT2D eigenvalue weighted by Crippen LogP contribution is -2.49. The molecule has 0 saturated carbocycles. The molecule has 0 spiro atoms. The molecular weight excluding hydrogens is 462 g/mol. The molecule has 1 amide bonds. The molecule has 1 atom stereocenters. The number of hydrazone groups is 1. The van der Waals surface area contributed by atoms with Crippen molar-refractivity contribution < 1.29 is 18.3 Å². The number of benzene rings is 3. The van der Waals surface area contributed by atoms with E-state index >= 15 is 0 Å². The zero-order valence-electron chi connectivity index (χ0n) is 20.1. The van der Waals surface area contributed by atoms with Gasteiger partial charge in [-0.25, -0.2) is 13.8 Å². The second-order valence-corrected chi connectivity index (χ2v) is 8.97. The molecule has 5 rings (SSSR count). The van der Waals surface area contributed by atoms with Gasteiger partial charge in [-0.1, -0.05) is 42.5 Å². The molecule has 186 valence electrons. The van der Waals surface area contributed by atoms with E-state index in [2.05, 4.69) is 4.90 Å². The van der Waals surface area contributed by atoms with Gasteiger partial charge in [0.15, 0.2) is 0 Å². The van der Waals surface area contributed by atoms with Gasteiger partial charge in [0.2, 0.25) is 0 Å². The maximum Gasteiger partial charge on any atom is 0.257 e. The molecule has 1 unspecified atom stereocenters. The van der Waals surface area contributed by atoms with Crippen molar-refractivity contribution in [2.45, 2.75) is 12.5 Å². The second-order valence-electron chi connectivity index (χ2n) is 8.97. The molecule has 0 N–H and O–H groups in total. The Morgan fingerprint density at radius 2 is 1.64 bits per heavy atom. The van der Waals surface area contributed by atoms with Crippen molar-refractivity contribution in [1.82, 2.24) is 9.91 Å². The molecular formula is C28H28F2N4O2. The first-order valence-electron chi connectivity index (χ1n) is 12.0. The number of carbonyl (C=O) groups is 1. The normalized spacial score (nSPS) is 18.3. The van der Waals surface area contributed by atoms with E-state index in [0.717, 1.165) is 16.8 Å². The third-order valence-corrected chi connectivity index (χ3v) is 6.77. The van der Waals surface area contributed by atoms with Gasteiger partial charge in [0.25, 0.3) is 5.91 Å². The number of para-hydroxylation sites is 2. The summed E-state index contributed by atoms with van der Waals surface area (Å²) < 4.78 is 33.2. The summed E-state index contributed by atoms with van der Waals surface area (Å²) in [7, 11) is 1.61. The molecule has 2 aliphatic rings. The van der Waals surface area contributed by atoms with Crippen molar-refractivity contribution in [3.8, 4) is 5.75 Å². The lowest BCUT2D eigenvalue weighted by Gasteiger charge is -2.36. The molecule has 0 aromatic heterocycles. The van der Waals surface area contributed by atoms with Gasteiger partial charge in [0.1, 0.15) is 17.4 Å². The van der Waals surface area contributed by atoms with Crippen LogP contribution < -0.4 is 9.64 Å². The highest BCUT2D eigenvalue weighted by molar-refractivity contribution is 6.03. The summed E-state index contributed by atoms with van der Waals surface area (Å²) >= 11 is 0. The number of halogens is 2. The van der Waals surface area contributed by atoms with Gasteiger partial charge in [0, 0.05) is 38.2 Å². The van der Waals surface area contributed by atoms with E-state index in [4.69, 9.17) is 9.84 Å². The van der Waals surface area contributed by atoms with Crippen LogP contribution in [0.25, 0.3) is 0 Å². The number of nitrogens with zero attached hydrogens (tertiary/aromatic N) is 4. The van der Waals surface area contributed by atoms with Crippen LogP contribution in [-0.2, 0) is 4.79 Å². The van der Waals surface area contributed by atoms with Gasteiger partial charge in [-0.3, -0.25) is 9.69 Å². The SMILES string of the molecule is COc1ccccc1C1CC(c2ccc(F)cc2)=NN1C(=O)CN1CCN(c2ccccc2F)CC1. The van der Waals surface area contributed by atoms with E-state index in [1.807, 2.05) is 35.2 Å². The Bertz CT molecular complexity index is 1260. The van der Waals surface area contributed by atoms with Crippen LogP contribution in [0.15, 0.2) is 77.9 Å². The van der Waals surface area contributed by atoms with Crippen molar-refractivity contribution in [2.75, 3.05) is 44.7 Å². The monoisotopic (exact) mass is 490 g/mol. The molecule has 1 saturated heterocycles. The number of hydrogen-bond acceptors (Lipinski definition) is 5. The van der Waals surface area contributed by atoms with Crippen LogP contribution >= 0.6 is 0 Å². The summed E-state index contributed by atoms with van der Waals surface area (Å²) in [5, 5.41) is 6.24. The Kier molecular flexibility index (Phi) is 6.95. The van der Waals surface area contributed by atoms with E-state index in [9.17, 15) is 13.6 Å². The summed E-state index contributed by atoms with van der Waals surface area (Å²) in [6.45, 7) is 2.75. The predicted molar refractivity (Wildman–Crippen MR) is 135 cm³/mol. The lowest BCUT2D eigenvalue weighted by atomic mass is 9.97. The number of methoxy groups -OCH3 is 1. The van der Waals surface area contributed by atoms with Crippen molar-refractivity contribution in [2.24, 2.45) is 5.10 Å². The first-order valence-corrected chi connectivity index (χ1v) is 12.0. The number of amides is 1. The molecule has 6 nitrogen and oxygen atoms in total. The Balaban J connectivity index is 1.33. The number of hydrogen-bond donors (Lipinski definition) is 0. The fraction of sp³-hybridized carbons (Fsp3) is 0.286. The molecule has 0 aliphatic carbocycles. The third kappa shape index (κ3) is 4.95. The number of anilines is 1. The van der Waals surface area contributed by atoms with Gasteiger partial charge in [-0.2, -0.15) is 5.10 Å². The minimum Gasteiger partial charge on any atom is -0.496 e. The maximum atomic E-state index is 14.2. The molecule has 0 radical (unpaired) electrons. The summed E-state index contributed by atoms with van der Waals surface area (Å²) in [4.78, 5) is 17.6. The lowest BCUT2D eigenvalue weighted by molar-refractivity contribution is -0.134. The van der Waals surface area contributed by atoms with Crippen LogP contribution in [0.4, 0.5) is 14.5 Å². The standard InChI is InChI=1S/C28H28F2N4O2/c1-36-27-9-5-2-6-22(27)26-18-24(20-10-12-21(29)13-11-20)31-34(26)28(35)19-32-14-16-33(17-15-32)25-8-4-3-7-23(25)30/h2-13,26H,14-19H2,1H3. The number of piperazine rings is 1. The highest BCUT2D eigenvalue weighted by Crippen LogP contribution is 2.37. The molecule has 3 aromatic rings. The van der Waals surface area contributed by atoms with Crippen molar-refractivity contribution in [3.63, 3.8) is 0 Å². The second kappa shape index (κ2) is 10.5.